The van der Waals surface area contributed by atoms with Gasteiger partial charge >= 0.3 is 0 Å². The van der Waals surface area contributed by atoms with Crippen LogP contribution in [0.5, 0.6) is 5.75 Å². The number of carbonyl (C=O) groups excluding carboxylic acids is 1. The Kier molecular flexibility index (Phi) is 6.82. The molecule has 0 saturated heterocycles. The number of hydrogen-bond acceptors (Lipinski definition) is 4. The molecule has 1 amide bonds. The maximum absolute atomic E-state index is 13.3. The summed E-state index contributed by atoms with van der Waals surface area (Å²) >= 11 is 5.95. The molecule has 0 bridgehead atoms. The number of methoxy groups -OCH3 is 1. The molecule has 1 N–H and O–H groups in total. The van der Waals surface area contributed by atoms with Gasteiger partial charge in [0.15, 0.2) is 0 Å². The SMILES string of the molecule is COc1ccc(C(=O)Nc2cccc(Cl)c2)cc1CN(c1ccc(F)cc1)S(C)(=O)=O. The Balaban J connectivity index is 1.93. The molecule has 0 aromatic heterocycles. The molecule has 3 aromatic carbocycles. The highest BCUT2D eigenvalue weighted by Gasteiger charge is 2.21. The number of carbonyl (C=O) groups is 1. The molecule has 0 aliphatic carbocycles. The van der Waals surface area contributed by atoms with Crippen LogP contribution in [0.15, 0.2) is 66.7 Å². The highest BCUT2D eigenvalue weighted by atomic mass is 35.5. The molecule has 0 atom stereocenters. The second-order valence-electron chi connectivity index (χ2n) is 6.74. The normalized spacial score (nSPS) is 11.1. The monoisotopic (exact) mass is 462 g/mol. The van der Waals surface area contributed by atoms with E-state index in [0.717, 1.165) is 10.6 Å². The lowest BCUT2D eigenvalue weighted by Crippen LogP contribution is -2.29. The summed E-state index contributed by atoms with van der Waals surface area (Å²) in [5.74, 6) is -0.455. The minimum Gasteiger partial charge on any atom is -0.496 e. The average Bonchev–Trinajstić information content (AvgIpc) is 2.72. The number of sulfonamides is 1. The van der Waals surface area contributed by atoms with E-state index in [4.69, 9.17) is 16.3 Å². The van der Waals surface area contributed by atoms with Crippen LogP contribution in [0.25, 0.3) is 0 Å². The highest BCUT2D eigenvalue weighted by molar-refractivity contribution is 7.92. The number of hydrogen-bond donors (Lipinski definition) is 1. The van der Waals surface area contributed by atoms with Gasteiger partial charge in [0.25, 0.3) is 5.91 Å². The third kappa shape index (κ3) is 5.74. The molecule has 6 nitrogen and oxygen atoms in total. The first-order chi connectivity index (χ1) is 14.7. The summed E-state index contributed by atoms with van der Waals surface area (Å²) in [6, 6.07) is 16.6. The van der Waals surface area contributed by atoms with Crippen molar-refractivity contribution in [1.29, 1.82) is 0 Å². The minimum atomic E-state index is -3.70. The van der Waals surface area contributed by atoms with Crippen LogP contribution in [0.4, 0.5) is 15.8 Å². The Bertz CT molecular complexity index is 1200. The third-order valence-corrected chi connectivity index (χ3v) is 5.83. The van der Waals surface area contributed by atoms with Gasteiger partial charge in [-0.05, 0) is 60.7 Å². The first-order valence-electron chi connectivity index (χ1n) is 9.14. The van der Waals surface area contributed by atoms with E-state index in [0.29, 0.717) is 33.3 Å². The van der Waals surface area contributed by atoms with E-state index in [1.807, 2.05) is 0 Å². The summed E-state index contributed by atoms with van der Waals surface area (Å²) in [5.41, 5.74) is 1.60. The largest absolute Gasteiger partial charge is 0.496 e. The summed E-state index contributed by atoms with van der Waals surface area (Å²) in [6.45, 7) is -0.105. The zero-order chi connectivity index (χ0) is 22.6. The number of nitrogens with one attached hydrogen (secondary N) is 1. The molecule has 0 heterocycles. The van der Waals surface area contributed by atoms with E-state index in [1.165, 1.54) is 31.4 Å². The summed E-state index contributed by atoms with van der Waals surface area (Å²) in [5, 5.41) is 3.23. The van der Waals surface area contributed by atoms with Crippen molar-refractivity contribution in [3.8, 4) is 5.75 Å². The molecule has 162 valence electrons. The van der Waals surface area contributed by atoms with Crippen molar-refractivity contribution < 1.29 is 22.3 Å². The first-order valence-corrected chi connectivity index (χ1v) is 11.4. The van der Waals surface area contributed by atoms with E-state index in [-0.39, 0.29) is 12.5 Å². The van der Waals surface area contributed by atoms with Crippen LogP contribution in [0.1, 0.15) is 15.9 Å². The number of nitrogens with zero attached hydrogens (tertiary/aromatic N) is 1. The fourth-order valence-electron chi connectivity index (χ4n) is 2.97. The average molecular weight is 463 g/mol. The van der Waals surface area contributed by atoms with Gasteiger partial charge in [-0.3, -0.25) is 9.10 Å². The number of halogens is 2. The molecule has 31 heavy (non-hydrogen) atoms. The Labute approximate surface area is 185 Å². The van der Waals surface area contributed by atoms with Gasteiger partial charge < -0.3 is 10.1 Å². The van der Waals surface area contributed by atoms with Gasteiger partial charge in [-0.2, -0.15) is 0 Å². The number of rotatable bonds is 7. The molecular formula is C22H20ClFN2O4S. The predicted molar refractivity (Wildman–Crippen MR) is 120 cm³/mol. The number of benzene rings is 3. The number of anilines is 2. The molecule has 9 heteroatoms. The maximum atomic E-state index is 13.3. The molecule has 0 fully saturated rings. The molecule has 3 rings (SSSR count). The van der Waals surface area contributed by atoms with Gasteiger partial charge in [-0.1, -0.05) is 17.7 Å². The van der Waals surface area contributed by atoms with Crippen LogP contribution in [0, 0.1) is 5.82 Å². The lowest BCUT2D eigenvalue weighted by molar-refractivity contribution is 0.102. The van der Waals surface area contributed by atoms with Gasteiger partial charge in [-0.25, -0.2) is 12.8 Å². The topological polar surface area (TPSA) is 75.7 Å². The Morgan fingerprint density at radius 1 is 1.10 bits per heavy atom. The molecule has 0 spiro atoms. The Hall–Kier alpha value is -3.10. The van der Waals surface area contributed by atoms with E-state index < -0.39 is 15.8 Å². The molecule has 0 saturated carbocycles. The van der Waals surface area contributed by atoms with Crippen molar-refractivity contribution in [1.82, 2.24) is 0 Å². The second kappa shape index (κ2) is 9.36. The van der Waals surface area contributed by atoms with E-state index in [9.17, 15) is 17.6 Å². The van der Waals surface area contributed by atoms with Crippen molar-refractivity contribution in [2.45, 2.75) is 6.54 Å². The molecule has 0 aliphatic heterocycles. The predicted octanol–water partition coefficient (Wildman–Crippen LogP) is 4.71. The van der Waals surface area contributed by atoms with Gasteiger partial charge in [0.2, 0.25) is 10.0 Å². The molecule has 0 aliphatic rings. The summed E-state index contributed by atoms with van der Waals surface area (Å²) in [7, 11) is -2.25. The molecule has 3 aromatic rings. The number of ether oxygens (including phenoxy) is 1. The third-order valence-electron chi connectivity index (χ3n) is 4.45. The molecular weight excluding hydrogens is 443 g/mol. The van der Waals surface area contributed by atoms with Crippen LogP contribution in [0.2, 0.25) is 5.02 Å². The van der Waals surface area contributed by atoms with Crippen molar-refractivity contribution in [2.75, 3.05) is 23.0 Å². The molecule has 0 unspecified atom stereocenters. The van der Waals surface area contributed by atoms with Crippen LogP contribution in [-0.2, 0) is 16.6 Å². The Morgan fingerprint density at radius 3 is 2.42 bits per heavy atom. The standard InChI is InChI=1S/C22H20ClFN2O4S/c1-30-21-11-6-15(22(27)25-19-5-3-4-17(23)13-19)12-16(21)14-26(31(2,28)29)20-9-7-18(24)8-10-20/h3-13H,14H2,1-2H3,(H,25,27). The summed E-state index contributed by atoms with van der Waals surface area (Å²) < 4.78 is 44.6. The highest BCUT2D eigenvalue weighted by Crippen LogP contribution is 2.27. The van der Waals surface area contributed by atoms with Gasteiger partial charge in [-0.15, -0.1) is 0 Å². The second-order valence-corrected chi connectivity index (χ2v) is 9.08. The van der Waals surface area contributed by atoms with Crippen molar-refractivity contribution in [3.05, 3.63) is 88.7 Å². The Morgan fingerprint density at radius 2 is 1.81 bits per heavy atom. The van der Waals surface area contributed by atoms with E-state index in [2.05, 4.69) is 5.32 Å². The fraction of sp³-hybridized carbons (Fsp3) is 0.136. The van der Waals surface area contributed by atoms with Gasteiger partial charge in [0.1, 0.15) is 11.6 Å². The van der Waals surface area contributed by atoms with Crippen LogP contribution < -0.4 is 14.4 Å². The first kappa shape index (κ1) is 22.6. The lowest BCUT2D eigenvalue weighted by atomic mass is 10.1. The maximum Gasteiger partial charge on any atom is 0.255 e. The minimum absolute atomic E-state index is 0.105. The van der Waals surface area contributed by atoms with Crippen molar-refractivity contribution in [2.24, 2.45) is 0 Å². The van der Waals surface area contributed by atoms with E-state index in [1.54, 1.807) is 42.5 Å². The number of amides is 1. The van der Waals surface area contributed by atoms with Crippen molar-refractivity contribution in [3.63, 3.8) is 0 Å². The zero-order valence-corrected chi connectivity index (χ0v) is 18.4. The van der Waals surface area contributed by atoms with Crippen LogP contribution in [0.3, 0.4) is 0 Å². The van der Waals surface area contributed by atoms with Gasteiger partial charge in [0, 0.05) is 21.8 Å². The fourth-order valence-corrected chi connectivity index (χ4v) is 4.04. The van der Waals surface area contributed by atoms with Crippen LogP contribution in [-0.4, -0.2) is 27.7 Å². The van der Waals surface area contributed by atoms with Gasteiger partial charge in [0.05, 0.1) is 25.6 Å². The van der Waals surface area contributed by atoms with Crippen molar-refractivity contribution >= 4 is 38.9 Å². The van der Waals surface area contributed by atoms with E-state index >= 15 is 0 Å². The summed E-state index contributed by atoms with van der Waals surface area (Å²) in [4.78, 5) is 12.7. The lowest BCUT2D eigenvalue weighted by Gasteiger charge is -2.24. The quantitative estimate of drug-likeness (QED) is 0.552. The smallest absolute Gasteiger partial charge is 0.255 e. The zero-order valence-electron chi connectivity index (χ0n) is 16.8. The molecule has 0 radical (unpaired) electrons. The summed E-state index contributed by atoms with van der Waals surface area (Å²) in [6.07, 6.45) is 1.05. The van der Waals surface area contributed by atoms with Crippen LogP contribution >= 0.6 is 11.6 Å².